The van der Waals surface area contributed by atoms with E-state index in [9.17, 15) is 4.79 Å². The van der Waals surface area contributed by atoms with Crippen molar-refractivity contribution in [3.8, 4) is 22.5 Å². The maximum Gasteiger partial charge on any atom is 0.248 e. The van der Waals surface area contributed by atoms with Crippen LogP contribution < -0.4 is 11.5 Å². The van der Waals surface area contributed by atoms with Crippen molar-refractivity contribution >= 4 is 22.9 Å². The van der Waals surface area contributed by atoms with Gasteiger partial charge in [0.05, 0.1) is 11.2 Å². The van der Waals surface area contributed by atoms with E-state index < -0.39 is 5.91 Å². The maximum atomic E-state index is 11.2. The van der Waals surface area contributed by atoms with Gasteiger partial charge in [-0.15, -0.1) is 0 Å². The molecule has 4 N–H and O–H groups in total. The first-order chi connectivity index (χ1) is 12.6. The van der Waals surface area contributed by atoms with Gasteiger partial charge in [0.1, 0.15) is 11.2 Å². The van der Waals surface area contributed by atoms with Crippen LogP contribution in [0.25, 0.3) is 33.5 Å². The van der Waals surface area contributed by atoms with Gasteiger partial charge >= 0.3 is 0 Å². The summed E-state index contributed by atoms with van der Waals surface area (Å²) in [4.78, 5) is 24.6. The van der Waals surface area contributed by atoms with E-state index in [2.05, 4.69) is 9.97 Å². The number of aromatic nitrogens is 3. The molecule has 0 atom stereocenters. The second-order valence-corrected chi connectivity index (χ2v) is 5.80. The van der Waals surface area contributed by atoms with Crippen molar-refractivity contribution in [3.05, 3.63) is 72.3 Å². The van der Waals surface area contributed by atoms with Gasteiger partial charge in [0.2, 0.25) is 11.9 Å². The van der Waals surface area contributed by atoms with E-state index in [4.69, 9.17) is 16.5 Å². The highest BCUT2D eigenvalue weighted by molar-refractivity contribution is 5.94. The predicted octanol–water partition coefficient (Wildman–Crippen LogP) is 3.04. The van der Waals surface area contributed by atoms with Gasteiger partial charge in [-0.1, -0.05) is 42.5 Å². The molecule has 2 heterocycles. The molecule has 126 valence electrons. The van der Waals surface area contributed by atoms with Crippen LogP contribution in [0.4, 0.5) is 5.95 Å². The third-order valence-corrected chi connectivity index (χ3v) is 4.07. The van der Waals surface area contributed by atoms with E-state index in [0.29, 0.717) is 22.3 Å². The topological polar surface area (TPSA) is 108 Å². The standard InChI is InChI=1S/C20H15N5O/c21-19(26)14-8-6-12(7-9-14)15-10-11-16-18(23-15)17(25-20(22)24-16)13-4-2-1-3-5-13/h1-11H,(H2,21,26)(H2,22,24,25). The van der Waals surface area contributed by atoms with Crippen LogP contribution in [0.2, 0.25) is 0 Å². The molecule has 0 unspecified atom stereocenters. The highest BCUT2D eigenvalue weighted by Crippen LogP contribution is 2.28. The van der Waals surface area contributed by atoms with Crippen LogP contribution in [0.15, 0.2) is 66.7 Å². The fourth-order valence-corrected chi connectivity index (χ4v) is 2.80. The molecule has 0 fully saturated rings. The summed E-state index contributed by atoms with van der Waals surface area (Å²) in [6.07, 6.45) is 0. The highest BCUT2D eigenvalue weighted by atomic mass is 16.1. The minimum Gasteiger partial charge on any atom is -0.368 e. The number of nitrogens with zero attached hydrogens (tertiary/aromatic N) is 3. The fraction of sp³-hybridized carbons (Fsp3) is 0. The average Bonchev–Trinajstić information content (AvgIpc) is 2.68. The largest absolute Gasteiger partial charge is 0.368 e. The van der Waals surface area contributed by atoms with Crippen molar-refractivity contribution in [2.75, 3.05) is 5.73 Å². The number of amides is 1. The second kappa shape index (κ2) is 6.25. The van der Waals surface area contributed by atoms with Crippen LogP contribution >= 0.6 is 0 Å². The summed E-state index contributed by atoms with van der Waals surface area (Å²) >= 11 is 0. The quantitative estimate of drug-likeness (QED) is 0.595. The molecule has 0 aliphatic heterocycles. The Labute approximate surface area is 149 Å². The molecule has 0 aliphatic rings. The van der Waals surface area contributed by atoms with Crippen molar-refractivity contribution in [2.45, 2.75) is 0 Å². The molecule has 0 radical (unpaired) electrons. The Bertz CT molecular complexity index is 1110. The molecule has 0 spiro atoms. The van der Waals surface area contributed by atoms with E-state index in [1.807, 2.05) is 54.6 Å². The van der Waals surface area contributed by atoms with E-state index >= 15 is 0 Å². The number of benzene rings is 2. The maximum absolute atomic E-state index is 11.2. The number of carbonyl (C=O) groups is 1. The van der Waals surface area contributed by atoms with Crippen LogP contribution in [-0.2, 0) is 0 Å². The zero-order valence-corrected chi connectivity index (χ0v) is 13.8. The van der Waals surface area contributed by atoms with E-state index in [1.165, 1.54) is 0 Å². The molecule has 4 rings (SSSR count). The van der Waals surface area contributed by atoms with Crippen molar-refractivity contribution in [2.24, 2.45) is 5.73 Å². The predicted molar refractivity (Wildman–Crippen MR) is 101 cm³/mol. The Balaban J connectivity index is 1.89. The van der Waals surface area contributed by atoms with E-state index in [0.717, 1.165) is 16.8 Å². The van der Waals surface area contributed by atoms with E-state index in [-0.39, 0.29) is 5.95 Å². The first-order valence-electron chi connectivity index (χ1n) is 8.02. The second-order valence-electron chi connectivity index (χ2n) is 5.80. The van der Waals surface area contributed by atoms with Gasteiger partial charge in [0, 0.05) is 16.7 Å². The number of hydrogen-bond acceptors (Lipinski definition) is 5. The van der Waals surface area contributed by atoms with Crippen molar-refractivity contribution in [1.82, 2.24) is 15.0 Å². The van der Waals surface area contributed by atoms with Crippen LogP contribution in [0.3, 0.4) is 0 Å². The van der Waals surface area contributed by atoms with Gasteiger partial charge in [-0.3, -0.25) is 4.79 Å². The Morgan fingerprint density at radius 3 is 2.19 bits per heavy atom. The zero-order valence-electron chi connectivity index (χ0n) is 13.8. The molecule has 2 aromatic carbocycles. The number of primary amides is 1. The lowest BCUT2D eigenvalue weighted by Crippen LogP contribution is -2.10. The van der Waals surface area contributed by atoms with Crippen LogP contribution in [0.5, 0.6) is 0 Å². The molecule has 0 bridgehead atoms. The van der Waals surface area contributed by atoms with Crippen LogP contribution in [0.1, 0.15) is 10.4 Å². The third-order valence-electron chi connectivity index (χ3n) is 4.07. The van der Waals surface area contributed by atoms with Gasteiger partial charge < -0.3 is 11.5 Å². The number of carbonyl (C=O) groups excluding carboxylic acids is 1. The van der Waals surface area contributed by atoms with Gasteiger partial charge in [-0.2, -0.15) is 0 Å². The first kappa shape index (κ1) is 15.7. The summed E-state index contributed by atoms with van der Waals surface area (Å²) in [5, 5.41) is 0. The number of hydrogen-bond donors (Lipinski definition) is 2. The molecule has 1 amide bonds. The summed E-state index contributed by atoms with van der Waals surface area (Å²) in [5.41, 5.74) is 16.2. The molecule has 4 aromatic rings. The Hall–Kier alpha value is -3.80. The van der Waals surface area contributed by atoms with Crippen molar-refractivity contribution in [1.29, 1.82) is 0 Å². The molecular weight excluding hydrogens is 326 g/mol. The summed E-state index contributed by atoms with van der Waals surface area (Å²) in [7, 11) is 0. The smallest absolute Gasteiger partial charge is 0.248 e. The molecule has 0 saturated heterocycles. The SMILES string of the molecule is NC(=O)c1ccc(-c2ccc3nc(N)nc(-c4ccccc4)c3n2)cc1. The average molecular weight is 341 g/mol. The number of pyridine rings is 1. The Morgan fingerprint density at radius 1 is 0.769 bits per heavy atom. The summed E-state index contributed by atoms with van der Waals surface area (Å²) < 4.78 is 0. The molecular formula is C20H15N5O. The van der Waals surface area contributed by atoms with Gasteiger partial charge in [-0.05, 0) is 24.3 Å². The monoisotopic (exact) mass is 341 g/mol. The Morgan fingerprint density at radius 2 is 1.50 bits per heavy atom. The van der Waals surface area contributed by atoms with Crippen molar-refractivity contribution in [3.63, 3.8) is 0 Å². The molecule has 2 aromatic heterocycles. The number of nitrogen functional groups attached to an aromatic ring is 1. The first-order valence-corrected chi connectivity index (χ1v) is 8.02. The van der Waals surface area contributed by atoms with Gasteiger partial charge in [0.25, 0.3) is 0 Å². The lowest BCUT2D eigenvalue weighted by atomic mass is 10.1. The lowest BCUT2D eigenvalue weighted by Gasteiger charge is -2.08. The number of rotatable bonds is 3. The molecule has 0 saturated carbocycles. The van der Waals surface area contributed by atoms with Crippen LogP contribution in [0, 0.1) is 0 Å². The highest BCUT2D eigenvalue weighted by Gasteiger charge is 2.12. The number of fused-ring (bicyclic) bond motifs is 1. The third kappa shape index (κ3) is 2.84. The number of anilines is 1. The zero-order chi connectivity index (χ0) is 18.1. The Kier molecular flexibility index (Phi) is 3.78. The molecule has 6 heteroatoms. The summed E-state index contributed by atoms with van der Waals surface area (Å²) in [5.74, 6) is -0.255. The summed E-state index contributed by atoms with van der Waals surface area (Å²) in [6, 6.07) is 20.4. The minimum absolute atomic E-state index is 0.205. The van der Waals surface area contributed by atoms with Crippen LogP contribution in [-0.4, -0.2) is 20.9 Å². The summed E-state index contributed by atoms with van der Waals surface area (Å²) in [6.45, 7) is 0. The molecule has 26 heavy (non-hydrogen) atoms. The normalized spacial score (nSPS) is 10.8. The fourth-order valence-electron chi connectivity index (χ4n) is 2.80. The van der Waals surface area contributed by atoms with E-state index in [1.54, 1.807) is 12.1 Å². The lowest BCUT2D eigenvalue weighted by molar-refractivity contribution is 0.100. The van der Waals surface area contributed by atoms with Gasteiger partial charge in [-0.25, -0.2) is 15.0 Å². The minimum atomic E-state index is -0.460. The number of nitrogens with two attached hydrogens (primary N) is 2. The van der Waals surface area contributed by atoms with Crippen molar-refractivity contribution < 1.29 is 4.79 Å². The molecule has 6 nitrogen and oxygen atoms in total. The molecule has 0 aliphatic carbocycles. The van der Waals surface area contributed by atoms with Gasteiger partial charge in [0.15, 0.2) is 0 Å².